The van der Waals surface area contributed by atoms with E-state index in [9.17, 15) is 0 Å². The van der Waals surface area contributed by atoms with Crippen molar-refractivity contribution in [3.8, 4) is 0 Å². The predicted octanol–water partition coefficient (Wildman–Crippen LogP) is 4.59. The Labute approximate surface area is 129 Å². The Morgan fingerprint density at radius 2 is 1.81 bits per heavy atom. The minimum Gasteiger partial charge on any atom is -0.313 e. The first kappa shape index (κ1) is 13.8. The summed E-state index contributed by atoms with van der Waals surface area (Å²) in [4.78, 5) is 0. The molecule has 3 aliphatic rings. The molecule has 0 aromatic heterocycles. The summed E-state index contributed by atoms with van der Waals surface area (Å²) < 4.78 is 0. The van der Waals surface area contributed by atoms with Gasteiger partial charge in [0.1, 0.15) is 0 Å². The minimum atomic E-state index is 0.437. The van der Waals surface area contributed by atoms with Crippen LogP contribution >= 0.6 is 0 Å². The molecule has 0 spiro atoms. The zero-order valence-corrected chi connectivity index (χ0v) is 13.2. The van der Waals surface area contributed by atoms with Crippen LogP contribution < -0.4 is 5.32 Å². The van der Waals surface area contributed by atoms with Gasteiger partial charge in [-0.05, 0) is 55.6 Å². The number of aryl methyl sites for hydroxylation is 1. The standard InChI is InChI=1S/C20H29N/c1-2-7-16(6-1)14-20(15-21-18-11-12-18)13-5-9-17-8-3-4-10-19(17)20/h3-4,8,10,16,18,21H,1-2,5-7,9,11-15H2. The summed E-state index contributed by atoms with van der Waals surface area (Å²) in [6, 6.07) is 10.2. The largest absolute Gasteiger partial charge is 0.313 e. The first-order valence-corrected chi connectivity index (χ1v) is 9.18. The molecule has 1 atom stereocenters. The van der Waals surface area contributed by atoms with Crippen molar-refractivity contribution < 1.29 is 0 Å². The molecule has 4 rings (SSSR count). The van der Waals surface area contributed by atoms with Crippen molar-refractivity contribution in [1.82, 2.24) is 5.32 Å². The van der Waals surface area contributed by atoms with Gasteiger partial charge in [-0.2, -0.15) is 0 Å². The van der Waals surface area contributed by atoms with E-state index in [2.05, 4.69) is 29.6 Å². The van der Waals surface area contributed by atoms with Crippen molar-refractivity contribution in [2.45, 2.75) is 75.7 Å². The Kier molecular flexibility index (Phi) is 3.79. The highest BCUT2D eigenvalue weighted by Gasteiger charge is 2.39. The van der Waals surface area contributed by atoms with Crippen LogP contribution in [-0.2, 0) is 11.8 Å². The van der Waals surface area contributed by atoms with Gasteiger partial charge in [0, 0.05) is 18.0 Å². The van der Waals surface area contributed by atoms with Gasteiger partial charge in [0.25, 0.3) is 0 Å². The van der Waals surface area contributed by atoms with Gasteiger partial charge in [0.2, 0.25) is 0 Å². The van der Waals surface area contributed by atoms with Crippen molar-refractivity contribution in [3.05, 3.63) is 35.4 Å². The molecule has 1 nitrogen and oxygen atoms in total. The summed E-state index contributed by atoms with van der Waals surface area (Å²) in [7, 11) is 0. The molecule has 0 bridgehead atoms. The fraction of sp³-hybridized carbons (Fsp3) is 0.700. The van der Waals surface area contributed by atoms with Crippen LogP contribution in [0, 0.1) is 5.92 Å². The van der Waals surface area contributed by atoms with Gasteiger partial charge >= 0.3 is 0 Å². The highest BCUT2D eigenvalue weighted by Crippen LogP contribution is 2.45. The fourth-order valence-corrected chi connectivity index (χ4v) is 4.87. The Hall–Kier alpha value is -0.820. The molecule has 0 heterocycles. The maximum absolute atomic E-state index is 3.88. The zero-order chi connectivity index (χ0) is 14.1. The number of nitrogens with one attached hydrogen (secondary N) is 1. The number of hydrogen-bond acceptors (Lipinski definition) is 1. The number of benzene rings is 1. The van der Waals surface area contributed by atoms with Crippen molar-refractivity contribution in [1.29, 1.82) is 0 Å². The molecule has 0 saturated heterocycles. The maximum Gasteiger partial charge on any atom is 0.00833 e. The molecule has 1 N–H and O–H groups in total. The molecule has 2 fully saturated rings. The lowest BCUT2D eigenvalue weighted by Gasteiger charge is -2.41. The van der Waals surface area contributed by atoms with E-state index < -0.39 is 0 Å². The Morgan fingerprint density at radius 1 is 1.00 bits per heavy atom. The highest BCUT2D eigenvalue weighted by atomic mass is 15.0. The molecule has 21 heavy (non-hydrogen) atoms. The van der Waals surface area contributed by atoms with E-state index in [1.54, 1.807) is 11.1 Å². The second-order valence-corrected chi connectivity index (χ2v) is 7.80. The first-order valence-electron chi connectivity index (χ1n) is 9.18. The molecule has 1 heteroatoms. The number of fused-ring (bicyclic) bond motifs is 1. The Morgan fingerprint density at radius 3 is 2.62 bits per heavy atom. The van der Waals surface area contributed by atoms with Crippen molar-refractivity contribution in [2.24, 2.45) is 5.92 Å². The Bertz CT molecular complexity index is 484. The molecule has 2 saturated carbocycles. The maximum atomic E-state index is 3.88. The van der Waals surface area contributed by atoms with Gasteiger partial charge in [0.05, 0.1) is 0 Å². The minimum absolute atomic E-state index is 0.437. The molecule has 1 aromatic carbocycles. The zero-order valence-electron chi connectivity index (χ0n) is 13.2. The smallest absolute Gasteiger partial charge is 0.00833 e. The van der Waals surface area contributed by atoms with E-state index in [1.165, 1.54) is 70.8 Å². The molecular weight excluding hydrogens is 254 g/mol. The third-order valence-corrected chi connectivity index (χ3v) is 6.15. The van der Waals surface area contributed by atoms with Gasteiger partial charge in [-0.25, -0.2) is 0 Å². The second kappa shape index (κ2) is 5.76. The lowest BCUT2D eigenvalue weighted by Crippen LogP contribution is -2.43. The highest BCUT2D eigenvalue weighted by molar-refractivity contribution is 5.37. The van der Waals surface area contributed by atoms with Crippen molar-refractivity contribution in [3.63, 3.8) is 0 Å². The molecule has 0 amide bonds. The number of hydrogen-bond donors (Lipinski definition) is 1. The van der Waals surface area contributed by atoms with Crippen LogP contribution in [0.3, 0.4) is 0 Å². The molecule has 3 aliphatic carbocycles. The van der Waals surface area contributed by atoms with Crippen LogP contribution in [-0.4, -0.2) is 12.6 Å². The van der Waals surface area contributed by atoms with Gasteiger partial charge < -0.3 is 5.32 Å². The molecule has 114 valence electrons. The molecule has 1 aromatic rings. The van der Waals surface area contributed by atoms with Crippen molar-refractivity contribution in [2.75, 3.05) is 6.54 Å². The molecule has 0 aliphatic heterocycles. The van der Waals surface area contributed by atoms with E-state index in [0.717, 1.165) is 12.0 Å². The quantitative estimate of drug-likeness (QED) is 0.833. The third kappa shape index (κ3) is 2.90. The van der Waals surface area contributed by atoms with Gasteiger partial charge in [0.15, 0.2) is 0 Å². The van der Waals surface area contributed by atoms with Gasteiger partial charge in [-0.1, -0.05) is 49.9 Å². The van der Waals surface area contributed by atoms with Crippen LogP contribution in [0.4, 0.5) is 0 Å². The van der Waals surface area contributed by atoms with Crippen LogP contribution in [0.2, 0.25) is 0 Å². The summed E-state index contributed by atoms with van der Waals surface area (Å²) in [6.07, 6.45) is 14.2. The second-order valence-electron chi connectivity index (χ2n) is 7.80. The topological polar surface area (TPSA) is 12.0 Å². The van der Waals surface area contributed by atoms with E-state index >= 15 is 0 Å². The average Bonchev–Trinajstić information content (AvgIpc) is 3.22. The van der Waals surface area contributed by atoms with Gasteiger partial charge in [-0.15, -0.1) is 0 Å². The lowest BCUT2D eigenvalue weighted by molar-refractivity contribution is 0.265. The van der Waals surface area contributed by atoms with E-state index in [0.29, 0.717) is 5.41 Å². The molecule has 1 unspecified atom stereocenters. The fourth-order valence-electron chi connectivity index (χ4n) is 4.87. The third-order valence-electron chi connectivity index (χ3n) is 6.15. The SMILES string of the molecule is c1ccc2c(c1)CCCC2(CNC1CC1)CC1CCCC1. The van der Waals surface area contributed by atoms with E-state index in [4.69, 9.17) is 0 Å². The summed E-state index contributed by atoms with van der Waals surface area (Å²) in [5.74, 6) is 0.983. The van der Waals surface area contributed by atoms with E-state index in [-0.39, 0.29) is 0 Å². The first-order chi connectivity index (χ1) is 10.4. The lowest BCUT2D eigenvalue weighted by atomic mass is 9.65. The normalized spacial score (nSPS) is 29.5. The summed E-state index contributed by atoms with van der Waals surface area (Å²) >= 11 is 0. The van der Waals surface area contributed by atoms with Crippen LogP contribution in [0.25, 0.3) is 0 Å². The van der Waals surface area contributed by atoms with Crippen LogP contribution in [0.5, 0.6) is 0 Å². The van der Waals surface area contributed by atoms with Crippen molar-refractivity contribution >= 4 is 0 Å². The van der Waals surface area contributed by atoms with Crippen LogP contribution in [0.1, 0.15) is 68.9 Å². The monoisotopic (exact) mass is 283 g/mol. The molecular formula is C20H29N. The van der Waals surface area contributed by atoms with Gasteiger partial charge in [-0.3, -0.25) is 0 Å². The van der Waals surface area contributed by atoms with Crippen LogP contribution in [0.15, 0.2) is 24.3 Å². The summed E-state index contributed by atoms with van der Waals surface area (Å²) in [6.45, 7) is 1.23. The predicted molar refractivity (Wildman–Crippen MR) is 88.7 cm³/mol. The summed E-state index contributed by atoms with van der Waals surface area (Å²) in [5.41, 5.74) is 3.77. The Balaban J connectivity index is 1.61. The molecule has 0 radical (unpaired) electrons. The van der Waals surface area contributed by atoms with E-state index in [1.807, 2.05) is 0 Å². The number of rotatable bonds is 5. The average molecular weight is 283 g/mol. The summed E-state index contributed by atoms with van der Waals surface area (Å²) in [5, 5.41) is 3.88.